The molecular formula is C12H22N2O3. The van der Waals surface area contributed by atoms with Crippen LogP contribution in [0, 0.1) is 0 Å². The monoisotopic (exact) mass is 242 g/mol. The first-order valence-electron chi connectivity index (χ1n) is 6.33. The van der Waals surface area contributed by atoms with E-state index in [1.54, 1.807) is 6.92 Å². The van der Waals surface area contributed by atoms with E-state index in [4.69, 9.17) is 4.74 Å². The molecule has 2 N–H and O–H groups in total. The summed E-state index contributed by atoms with van der Waals surface area (Å²) in [4.78, 5) is 22.6. The summed E-state index contributed by atoms with van der Waals surface area (Å²) in [6, 6.07) is 0.198. The first-order valence-corrected chi connectivity index (χ1v) is 6.33. The van der Waals surface area contributed by atoms with Gasteiger partial charge in [0.2, 0.25) is 5.91 Å². The average Bonchev–Trinajstić information content (AvgIpc) is 3.08. The maximum atomic E-state index is 11.6. The van der Waals surface area contributed by atoms with Crippen LogP contribution < -0.4 is 10.6 Å². The first-order chi connectivity index (χ1) is 8.13. The Bertz CT molecular complexity index is 264. The largest absolute Gasteiger partial charge is 0.466 e. The molecule has 0 aromatic carbocycles. The van der Waals surface area contributed by atoms with Crippen molar-refractivity contribution in [2.45, 2.75) is 51.6 Å². The fraction of sp³-hybridized carbons (Fsp3) is 0.833. The third-order valence-corrected chi connectivity index (χ3v) is 2.63. The van der Waals surface area contributed by atoms with Crippen LogP contribution in [-0.2, 0) is 14.3 Å². The van der Waals surface area contributed by atoms with E-state index in [1.165, 1.54) is 0 Å². The number of hydrogen-bond acceptors (Lipinski definition) is 4. The van der Waals surface area contributed by atoms with Crippen molar-refractivity contribution in [3.05, 3.63) is 0 Å². The van der Waals surface area contributed by atoms with Gasteiger partial charge < -0.3 is 15.4 Å². The first kappa shape index (κ1) is 14.0. The smallest absolute Gasteiger partial charge is 0.305 e. The normalized spacial score (nSPS) is 16.4. The fourth-order valence-electron chi connectivity index (χ4n) is 1.43. The number of nitrogens with one attached hydrogen (secondary N) is 2. The molecule has 1 fully saturated rings. The Morgan fingerprint density at radius 3 is 2.71 bits per heavy atom. The molecule has 1 aliphatic rings. The number of rotatable bonds is 8. The van der Waals surface area contributed by atoms with Crippen LogP contribution in [-0.4, -0.2) is 37.1 Å². The van der Waals surface area contributed by atoms with Gasteiger partial charge in [0.25, 0.3) is 0 Å². The zero-order valence-electron chi connectivity index (χ0n) is 10.6. The molecule has 1 atom stereocenters. The predicted molar refractivity (Wildman–Crippen MR) is 64.5 cm³/mol. The Kier molecular flexibility index (Phi) is 5.97. The maximum Gasteiger partial charge on any atom is 0.305 e. The van der Waals surface area contributed by atoms with Crippen molar-refractivity contribution in [3.63, 3.8) is 0 Å². The highest BCUT2D eigenvalue weighted by Crippen LogP contribution is 2.18. The highest BCUT2D eigenvalue weighted by Gasteiger charge is 2.25. The molecule has 0 aromatic rings. The molecule has 0 heterocycles. The third-order valence-electron chi connectivity index (χ3n) is 2.63. The minimum Gasteiger partial charge on any atom is -0.466 e. The van der Waals surface area contributed by atoms with Gasteiger partial charge in [0.15, 0.2) is 0 Å². The summed E-state index contributed by atoms with van der Waals surface area (Å²) in [5.41, 5.74) is 0. The van der Waals surface area contributed by atoms with Gasteiger partial charge in [0, 0.05) is 12.5 Å². The topological polar surface area (TPSA) is 67.4 Å². The van der Waals surface area contributed by atoms with Gasteiger partial charge in [-0.15, -0.1) is 0 Å². The van der Waals surface area contributed by atoms with E-state index in [1.807, 2.05) is 6.92 Å². The van der Waals surface area contributed by atoms with Crippen molar-refractivity contribution < 1.29 is 14.3 Å². The van der Waals surface area contributed by atoms with Crippen molar-refractivity contribution in [2.75, 3.05) is 13.2 Å². The van der Waals surface area contributed by atoms with E-state index in [0.29, 0.717) is 32.0 Å². The summed E-state index contributed by atoms with van der Waals surface area (Å²) < 4.78 is 4.81. The van der Waals surface area contributed by atoms with Crippen molar-refractivity contribution in [2.24, 2.45) is 0 Å². The molecule has 1 saturated carbocycles. The Hall–Kier alpha value is -1.10. The lowest BCUT2D eigenvalue weighted by molar-refractivity contribution is -0.143. The van der Waals surface area contributed by atoms with Gasteiger partial charge in [-0.2, -0.15) is 0 Å². The van der Waals surface area contributed by atoms with Crippen LogP contribution in [0.3, 0.4) is 0 Å². The molecule has 17 heavy (non-hydrogen) atoms. The van der Waals surface area contributed by atoms with Crippen molar-refractivity contribution in [1.29, 1.82) is 0 Å². The molecule has 1 rings (SSSR count). The third kappa shape index (κ3) is 6.26. The van der Waals surface area contributed by atoms with Gasteiger partial charge in [-0.1, -0.05) is 0 Å². The molecule has 0 radical (unpaired) electrons. The molecule has 0 saturated heterocycles. The molecule has 0 aliphatic heterocycles. The van der Waals surface area contributed by atoms with E-state index in [0.717, 1.165) is 12.8 Å². The molecule has 1 aliphatic carbocycles. The van der Waals surface area contributed by atoms with Crippen LogP contribution in [0.1, 0.15) is 39.5 Å². The van der Waals surface area contributed by atoms with E-state index in [9.17, 15) is 9.59 Å². The Morgan fingerprint density at radius 2 is 2.12 bits per heavy atom. The highest BCUT2D eigenvalue weighted by atomic mass is 16.5. The van der Waals surface area contributed by atoms with Gasteiger partial charge in [0.1, 0.15) is 0 Å². The van der Waals surface area contributed by atoms with Gasteiger partial charge in [-0.3, -0.25) is 9.59 Å². The number of ether oxygens (including phenoxy) is 1. The van der Waals surface area contributed by atoms with Crippen molar-refractivity contribution >= 4 is 11.9 Å². The molecule has 0 bridgehead atoms. The molecule has 0 spiro atoms. The van der Waals surface area contributed by atoms with Crippen LogP contribution in [0.2, 0.25) is 0 Å². The lowest BCUT2D eigenvalue weighted by atomic mass is 10.2. The average molecular weight is 242 g/mol. The summed E-state index contributed by atoms with van der Waals surface area (Å²) >= 11 is 0. The quantitative estimate of drug-likeness (QED) is 0.483. The second-order valence-electron chi connectivity index (χ2n) is 4.37. The highest BCUT2D eigenvalue weighted by molar-refractivity contribution is 5.81. The zero-order valence-corrected chi connectivity index (χ0v) is 10.6. The van der Waals surface area contributed by atoms with Crippen LogP contribution in [0.15, 0.2) is 0 Å². The molecular weight excluding hydrogens is 220 g/mol. The SMILES string of the molecule is CCOC(=O)CCCNC(C)C(=O)NC1CC1. The van der Waals surface area contributed by atoms with Crippen LogP contribution in [0.4, 0.5) is 0 Å². The molecule has 1 amide bonds. The molecule has 1 unspecified atom stereocenters. The van der Waals surface area contributed by atoms with Gasteiger partial charge >= 0.3 is 5.97 Å². The Balaban J connectivity index is 2.00. The van der Waals surface area contributed by atoms with Gasteiger partial charge in [-0.05, 0) is 39.7 Å². The number of esters is 1. The van der Waals surface area contributed by atoms with Crippen LogP contribution >= 0.6 is 0 Å². The molecule has 0 aromatic heterocycles. The van der Waals surface area contributed by atoms with Gasteiger partial charge in [0.05, 0.1) is 12.6 Å². The molecule has 98 valence electrons. The summed E-state index contributed by atoms with van der Waals surface area (Å²) in [5.74, 6) is -0.131. The van der Waals surface area contributed by atoms with E-state index in [-0.39, 0.29) is 17.9 Å². The lowest BCUT2D eigenvalue weighted by Gasteiger charge is -2.13. The number of carbonyl (C=O) groups excluding carboxylic acids is 2. The minimum absolute atomic E-state index is 0.0450. The summed E-state index contributed by atoms with van der Waals surface area (Å²) in [5, 5.41) is 6.02. The molecule has 5 nitrogen and oxygen atoms in total. The van der Waals surface area contributed by atoms with Gasteiger partial charge in [-0.25, -0.2) is 0 Å². The summed E-state index contributed by atoms with van der Waals surface area (Å²) in [6.45, 7) is 4.70. The Morgan fingerprint density at radius 1 is 1.41 bits per heavy atom. The summed E-state index contributed by atoms with van der Waals surface area (Å²) in [7, 11) is 0. The van der Waals surface area contributed by atoms with E-state index >= 15 is 0 Å². The second kappa shape index (κ2) is 7.27. The number of carbonyl (C=O) groups is 2. The Labute approximate surface area is 102 Å². The summed E-state index contributed by atoms with van der Waals surface area (Å²) in [6.07, 6.45) is 3.29. The minimum atomic E-state index is -0.196. The second-order valence-corrected chi connectivity index (χ2v) is 4.37. The zero-order chi connectivity index (χ0) is 12.7. The molecule has 5 heteroatoms. The number of amides is 1. The lowest BCUT2D eigenvalue weighted by Crippen LogP contribution is -2.43. The van der Waals surface area contributed by atoms with E-state index < -0.39 is 0 Å². The van der Waals surface area contributed by atoms with Crippen molar-refractivity contribution in [1.82, 2.24) is 10.6 Å². The maximum absolute atomic E-state index is 11.6. The fourth-order valence-corrected chi connectivity index (χ4v) is 1.43. The number of hydrogen-bond donors (Lipinski definition) is 2. The van der Waals surface area contributed by atoms with Crippen LogP contribution in [0.5, 0.6) is 0 Å². The van der Waals surface area contributed by atoms with Crippen LogP contribution in [0.25, 0.3) is 0 Å². The standard InChI is InChI=1S/C12H22N2O3/c1-3-17-11(15)5-4-8-13-9(2)12(16)14-10-6-7-10/h9-10,13H,3-8H2,1-2H3,(H,14,16). The predicted octanol–water partition coefficient (Wildman–Crippen LogP) is 0.586. The van der Waals surface area contributed by atoms with E-state index in [2.05, 4.69) is 10.6 Å². The van der Waals surface area contributed by atoms with Crippen molar-refractivity contribution in [3.8, 4) is 0 Å².